The summed E-state index contributed by atoms with van der Waals surface area (Å²) in [6.45, 7) is 0.455. The van der Waals surface area contributed by atoms with Crippen molar-refractivity contribution in [1.82, 2.24) is 5.32 Å². The number of amides is 1. The van der Waals surface area contributed by atoms with Crippen LogP contribution in [0.15, 0.2) is 71.4 Å². The van der Waals surface area contributed by atoms with E-state index in [0.29, 0.717) is 6.54 Å². The molecule has 20 heavy (non-hydrogen) atoms. The van der Waals surface area contributed by atoms with Crippen molar-refractivity contribution >= 4 is 5.91 Å². The summed E-state index contributed by atoms with van der Waals surface area (Å²) in [4.78, 5) is 12.2. The third kappa shape index (κ3) is 2.18. The molecule has 1 N–H and O–H groups in total. The molecule has 0 saturated heterocycles. The van der Waals surface area contributed by atoms with Crippen LogP contribution < -0.4 is 10.1 Å². The summed E-state index contributed by atoms with van der Waals surface area (Å²) >= 11 is 0. The van der Waals surface area contributed by atoms with Crippen molar-refractivity contribution in [3.63, 3.8) is 0 Å². The van der Waals surface area contributed by atoms with Crippen LogP contribution in [0.25, 0.3) is 0 Å². The molecule has 0 aromatic heterocycles. The molecule has 0 heterocycles. The van der Waals surface area contributed by atoms with Crippen molar-refractivity contribution in [3.05, 3.63) is 76.9 Å². The van der Waals surface area contributed by atoms with Crippen molar-refractivity contribution in [2.75, 3.05) is 7.11 Å². The van der Waals surface area contributed by atoms with Crippen molar-refractivity contribution in [1.29, 1.82) is 0 Å². The lowest BCUT2D eigenvalue weighted by atomic mass is 10.1. The lowest BCUT2D eigenvalue weighted by Gasteiger charge is -2.10. The van der Waals surface area contributed by atoms with Crippen LogP contribution in [0.3, 0.4) is 0 Å². The average molecular weight is 265 g/mol. The molecule has 0 fully saturated rings. The van der Waals surface area contributed by atoms with Crippen LogP contribution in [-0.2, 0) is 11.3 Å². The molecule has 2 aliphatic rings. The molecule has 3 nitrogen and oxygen atoms in total. The highest BCUT2D eigenvalue weighted by Crippen LogP contribution is 2.31. The van der Waals surface area contributed by atoms with Crippen molar-refractivity contribution in [2.45, 2.75) is 6.54 Å². The zero-order valence-corrected chi connectivity index (χ0v) is 11.2. The first-order valence-corrected chi connectivity index (χ1v) is 6.51. The number of methoxy groups -OCH3 is 1. The molecular weight excluding hydrogens is 250 g/mol. The van der Waals surface area contributed by atoms with E-state index >= 15 is 0 Å². The summed E-state index contributed by atoms with van der Waals surface area (Å²) in [6.07, 6.45) is 9.76. The topological polar surface area (TPSA) is 38.3 Å². The number of fused-ring (bicyclic) bond motifs is 1. The highest BCUT2D eigenvalue weighted by molar-refractivity contribution is 6.01. The Morgan fingerprint density at radius 3 is 2.90 bits per heavy atom. The van der Waals surface area contributed by atoms with Crippen LogP contribution >= 0.6 is 0 Å². The normalized spacial score (nSPS) is 15.3. The minimum absolute atomic E-state index is 0.0582. The van der Waals surface area contributed by atoms with E-state index in [1.54, 1.807) is 7.11 Å². The number of hydrogen-bond donors (Lipinski definition) is 1. The van der Waals surface area contributed by atoms with Gasteiger partial charge in [-0.15, -0.1) is 0 Å². The molecule has 0 aliphatic heterocycles. The summed E-state index contributed by atoms with van der Waals surface area (Å²) in [5.41, 5.74) is 3.79. The van der Waals surface area contributed by atoms with E-state index < -0.39 is 0 Å². The van der Waals surface area contributed by atoms with Crippen LogP contribution in [0.1, 0.15) is 5.56 Å². The summed E-state index contributed by atoms with van der Waals surface area (Å²) < 4.78 is 5.27. The highest BCUT2D eigenvalue weighted by atomic mass is 16.5. The highest BCUT2D eigenvalue weighted by Gasteiger charge is 2.21. The number of rotatable bonds is 4. The Morgan fingerprint density at radius 1 is 1.20 bits per heavy atom. The maximum absolute atomic E-state index is 12.2. The minimum Gasteiger partial charge on any atom is -0.496 e. The van der Waals surface area contributed by atoms with Gasteiger partial charge in [0.15, 0.2) is 0 Å². The van der Waals surface area contributed by atoms with Crippen molar-refractivity contribution in [2.24, 2.45) is 0 Å². The standard InChI is InChI=1S/C17H15NO2/c1-20-16-8-3-2-5-13(16)11-18-17(19)15-10-9-12-6-4-7-14(12)15/h2-10H,11H2,1H3,(H,18,19). The number of nitrogens with one attached hydrogen (secondary N) is 1. The summed E-state index contributed by atoms with van der Waals surface area (Å²) in [7, 11) is 1.63. The number of carbonyl (C=O) groups is 1. The Kier molecular flexibility index (Phi) is 3.25. The van der Waals surface area contributed by atoms with Crippen molar-refractivity contribution in [3.8, 4) is 5.75 Å². The Hall–Kier alpha value is -2.55. The molecule has 0 spiro atoms. The van der Waals surface area contributed by atoms with Gasteiger partial charge in [-0.05, 0) is 23.3 Å². The number of allylic oxidation sites excluding steroid dienone is 6. The first-order chi connectivity index (χ1) is 9.79. The van der Waals surface area contributed by atoms with Crippen LogP contribution in [0.4, 0.5) is 0 Å². The van der Waals surface area contributed by atoms with E-state index in [1.165, 1.54) is 0 Å². The third-order valence-electron chi connectivity index (χ3n) is 3.45. The quantitative estimate of drug-likeness (QED) is 0.909. The van der Waals surface area contributed by atoms with Gasteiger partial charge in [0.2, 0.25) is 0 Å². The molecule has 0 saturated carbocycles. The maximum atomic E-state index is 12.2. The first-order valence-electron chi connectivity index (χ1n) is 6.51. The van der Waals surface area contributed by atoms with Crippen LogP contribution in [-0.4, -0.2) is 13.0 Å². The SMILES string of the molecule is COc1ccccc1CNC(=O)C1=CC=C2C=CC=C21. The van der Waals surface area contributed by atoms with E-state index in [2.05, 4.69) is 5.32 Å². The predicted octanol–water partition coefficient (Wildman–Crippen LogP) is 2.67. The first kappa shape index (κ1) is 12.5. The molecule has 1 aromatic carbocycles. The van der Waals surface area contributed by atoms with Gasteiger partial charge in [0, 0.05) is 17.7 Å². The third-order valence-corrected chi connectivity index (χ3v) is 3.45. The lowest BCUT2D eigenvalue weighted by molar-refractivity contribution is -0.117. The maximum Gasteiger partial charge on any atom is 0.252 e. The second kappa shape index (κ2) is 5.21. The van der Waals surface area contributed by atoms with Crippen molar-refractivity contribution < 1.29 is 9.53 Å². The van der Waals surface area contributed by atoms with E-state index in [9.17, 15) is 4.79 Å². The molecule has 0 radical (unpaired) electrons. The molecule has 100 valence electrons. The van der Waals surface area contributed by atoms with Gasteiger partial charge in [-0.1, -0.05) is 42.5 Å². The number of hydrogen-bond acceptors (Lipinski definition) is 2. The minimum atomic E-state index is -0.0582. The van der Waals surface area contributed by atoms with Gasteiger partial charge < -0.3 is 10.1 Å². The molecule has 1 aromatic rings. The zero-order chi connectivity index (χ0) is 13.9. The van der Waals surface area contributed by atoms with E-state index in [-0.39, 0.29) is 5.91 Å². The Morgan fingerprint density at radius 2 is 2.05 bits per heavy atom. The van der Waals surface area contributed by atoms with E-state index in [4.69, 9.17) is 4.74 Å². The molecule has 1 amide bonds. The fourth-order valence-electron chi connectivity index (χ4n) is 2.41. The fourth-order valence-corrected chi connectivity index (χ4v) is 2.41. The van der Waals surface area contributed by atoms with Crippen LogP contribution in [0.2, 0.25) is 0 Å². The van der Waals surface area contributed by atoms with Gasteiger partial charge in [-0.3, -0.25) is 4.79 Å². The molecule has 0 bridgehead atoms. The van der Waals surface area contributed by atoms with E-state index in [0.717, 1.165) is 28.0 Å². The number of ether oxygens (including phenoxy) is 1. The monoisotopic (exact) mass is 265 g/mol. The zero-order valence-electron chi connectivity index (χ0n) is 11.2. The summed E-state index contributed by atoms with van der Waals surface area (Å²) in [5, 5.41) is 2.94. The van der Waals surface area contributed by atoms with Gasteiger partial charge in [0.1, 0.15) is 5.75 Å². The second-order valence-corrected chi connectivity index (χ2v) is 4.64. The Labute approximate surface area is 118 Å². The van der Waals surface area contributed by atoms with Crippen LogP contribution in [0.5, 0.6) is 5.75 Å². The van der Waals surface area contributed by atoms with Gasteiger partial charge >= 0.3 is 0 Å². The van der Waals surface area contributed by atoms with Gasteiger partial charge in [0.25, 0.3) is 5.91 Å². The molecule has 3 heteroatoms. The number of carbonyl (C=O) groups excluding carboxylic acids is 1. The van der Waals surface area contributed by atoms with Crippen LogP contribution in [0, 0.1) is 0 Å². The van der Waals surface area contributed by atoms with Gasteiger partial charge in [0.05, 0.1) is 7.11 Å². The smallest absolute Gasteiger partial charge is 0.252 e. The Bertz CT molecular complexity index is 678. The fraction of sp³-hybridized carbons (Fsp3) is 0.118. The Balaban J connectivity index is 1.66. The van der Waals surface area contributed by atoms with E-state index in [1.807, 2.05) is 54.6 Å². The number of para-hydroxylation sites is 1. The molecule has 2 aliphatic carbocycles. The summed E-state index contributed by atoms with van der Waals surface area (Å²) in [5.74, 6) is 0.728. The van der Waals surface area contributed by atoms with Gasteiger partial charge in [-0.25, -0.2) is 0 Å². The lowest BCUT2D eigenvalue weighted by Crippen LogP contribution is -2.25. The largest absolute Gasteiger partial charge is 0.496 e. The number of benzene rings is 1. The molecule has 3 rings (SSSR count). The predicted molar refractivity (Wildman–Crippen MR) is 78.2 cm³/mol. The summed E-state index contributed by atoms with van der Waals surface area (Å²) in [6, 6.07) is 7.68. The molecule has 0 atom stereocenters. The molecule has 0 unspecified atom stereocenters. The second-order valence-electron chi connectivity index (χ2n) is 4.64. The average Bonchev–Trinajstić information content (AvgIpc) is 3.07. The van der Waals surface area contributed by atoms with Gasteiger partial charge in [-0.2, -0.15) is 0 Å². The molecular formula is C17H15NO2.